The number of amides is 1. The Balaban J connectivity index is 2.35. The molecule has 0 bridgehead atoms. The van der Waals surface area contributed by atoms with Crippen molar-refractivity contribution < 1.29 is 33.4 Å². The predicted molar refractivity (Wildman–Crippen MR) is 83.7 cm³/mol. The number of rotatable bonds is 5. The van der Waals surface area contributed by atoms with Crippen molar-refractivity contribution >= 4 is 23.8 Å². The van der Waals surface area contributed by atoms with Crippen LogP contribution in [0.2, 0.25) is 0 Å². The second-order valence-electron chi connectivity index (χ2n) is 5.56. The summed E-state index contributed by atoms with van der Waals surface area (Å²) in [6, 6.07) is 8.99. The minimum Gasteiger partial charge on any atom is -0.452 e. The van der Waals surface area contributed by atoms with Crippen molar-refractivity contribution in [1.82, 2.24) is 4.90 Å². The summed E-state index contributed by atoms with van der Waals surface area (Å²) in [5, 5.41) is 0. The number of esters is 3. The lowest BCUT2D eigenvalue weighted by Crippen LogP contribution is -2.42. The zero-order chi connectivity index (χ0) is 18.6. The van der Waals surface area contributed by atoms with Gasteiger partial charge in [0.2, 0.25) is 18.4 Å². The highest BCUT2D eigenvalue weighted by atomic mass is 16.6. The zero-order valence-electron chi connectivity index (χ0n) is 14.1. The zero-order valence-corrected chi connectivity index (χ0v) is 14.1. The quantitative estimate of drug-likeness (QED) is 0.572. The monoisotopic (exact) mass is 349 g/mol. The third-order valence-electron chi connectivity index (χ3n) is 3.49. The summed E-state index contributed by atoms with van der Waals surface area (Å²) in [4.78, 5) is 48.1. The first-order valence-corrected chi connectivity index (χ1v) is 7.65. The van der Waals surface area contributed by atoms with Crippen LogP contribution >= 0.6 is 0 Å². The molecule has 1 aliphatic heterocycles. The van der Waals surface area contributed by atoms with Gasteiger partial charge in [0.15, 0.2) is 0 Å². The average Bonchev–Trinajstić information content (AvgIpc) is 2.73. The van der Waals surface area contributed by atoms with E-state index in [0.717, 1.165) is 19.4 Å². The Morgan fingerprint density at radius 3 is 2.00 bits per heavy atom. The van der Waals surface area contributed by atoms with Crippen molar-refractivity contribution in [2.75, 3.05) is 0 Å². The van der Waals surface area contributed by atoms with Crippen LogP contribution in [0.5, 0.6) is 0 Å². The summed E-state index contributed by atoms with van der Waals surface area (Å²) in [6.07, 6.45) is -3.78. The van der Waals surface area contributed by atoms with Gasteiger partial charge in [0.1, 0.15) is 0 Å². The van der Waals surface area contributed by atoms with Crippen molar-refractivity contribution in [1.29, 1.82) is 0 Å². The summed E-state index contributed by atoms with van der Waals surface area (Å²) in [5.74, 6) is -2.65. The van der Waals surface area contributed by atoms with Crippen LogP contribution in [0.1, 0.15) is 26.3 Å². The fourth-order valence-corrected chi connectivity index (χ4v) is 2.61. The Morgan fingerprint density at radius 1 is 0.920 bits per heavy atom. The molecule has 1 aliphatic rings. The number of hydrogen-bond donors (Lipinski definition) is 0. The van der Waals surface area contributed by atoms with E-state index < -0.39 is 42.3 Å². The van der Waals surface area contributed by atoms with Crippen LogP contribution < -0.4 is 0 Å². The number of carbonyl (C=O) groups excluding carboxylic acids is 4. The lowest BCUT2D eigenvalue weighted by molar-refractivity contribution is -0.180. The highest BCUT2D eigenvalue weighted by Crippen LogP contribution is 2.28. The Labute approximate surface area is 144 Å². The van der Waals surface area contributed by atoms with E-state index in [-0.39, 0.29) is 6.54 Å². The maximum absolute atomic E-state index is 12.7. The summed E-state index contributed by atoms with van der Waals surface area (Å²) >= 11 is 0. The summed E-state index contributed by atoms with van der Waals surface area (Å²) in [5.41, 5.74) is 0.776. The van der Waals surface area contributed by atoms with Gasteiger partial charge in [0.05, 0.1) is 0 Å². The van der Waals surface area contributed by atoms with Crippen LogP contribution in [0.15, 0.2) is 30.3 Å². The number of benzene rings is 1. The molecule has 1 amide bonds. The molecule has 8 nitrogen and oxygen atoms in total. The van der Waals surface area contributed by atoms with Gasteiger partial charge in [-0.2, -0.15) is 0 Å². The lowest BCUT2D eigenvalue weighted by atomic mass is 10.2. The largest absolute Gasteiger partial charge is 0.452 e. The molecule has 0 aromatic heterocycles. The summed E-state index contributed by atoms with van der Waals surface area (Å²) in [6.45, 7) is 3.57. The molecule has 1 saturated heterocycles. The van der Waals surface area contributed by atoms with E-state index in [0.29, 0.717) is 0 Å². The normalized spacial score (nSPS) is 22.4. The minimum atomic E-state index is -1.37. The van der Waals surface area contributed by atoms with E-state index in [1.165, 1.54) is 11.8 Å². The number of ether oxygens (including phenoxy) is 3. The Kier molecular flexibility index (Phi) is 5.74. The van der Waals surface area contributed by atoms with E-state index in [1.807, 2.05) is 6.07 Å². The van der Waals surface area contributed by atoms with Crippen molar-refractivity contribution in [3.05, 3.63) is 35.9 Å². The van der Waals surface area contributed by atoms with E-state index >= 15 is 0 Å². The van der Waals surface area contributed by atoms with Gasteiger partial charge in [0.25, 0.3) is 5.91 Å². The standard InChI is InChI=1S/C17H19NO7/c1-10(19)23-14-15(24-11(2)20)17(25-12(3)21)18(16(14)22)9-13-7-5-4-6-8-13/h4-8,14-15,17H,9H2,1-3H3/t14-,15-,17?/m0/s1. The molecule has 3 atom stereocenters. The van der Waals surface area contributed by atoms with Crippen molar-refractivity contribution in [2.24, 2.45) is 0 Å². The van der Waals surface area contributed by atoms with Gasteiger partial charge in [-0.25, -0.2) is 0 Å². The number of hydrogen-bond acceptors (Lipinski definition) is 7. The predicted octanol–water partition coefficient (Wildman–Crippen LogP) is 0.781. The van der Waals surface area contributed by atoms with Gasteiger partial charge in [-0.1, -0.05) is 30.3 Å². The molecule has 2 rings (SSSR count). The molecule has 1 aromatic rings. The molecule has 0 spiro atoms. The van der Waals surface area contributed by atoms with E-state index in [9.17, 15) is 19.2 Å². The highest BCUT2D eigenvalue weighted by molar-refractivity contribution is 5.87. The van der Waals surface area contributed by atoms with Crippen molar-refractivity contribution in [3.63, 3.8) is 0 Å². The first-order chi connectivity index (χ1) is 11.8. The summed E-state index contributed by atoms with van der Waals surface area (Å²) < 4.78 is 15.3. The van der Waals surface area contributed by atoms with Crippen LogP contribution in [-0.4, -0.2) is 47.2 Å². The number of carbonyl (C=O) groups is 4. The van der Waals surface area contributed by atoms with Crippen LogP contribution in [0.4, 0.5) is 0 Å². The molecule has 8 heteroatoms. The fraction of sp³-hybridized carbons (Fsp3) is 0.412. The van der Waals surface area contributed by atoms with Gasteiger partial charge in [-0.15, -0.1) is 0 Å². The second kappa shape index (κ2) is 7.78. The van der Waals surface area contributed by atoms with E-state index in [4.69, 9.17) is 14.2 Å². The SMILES string of the molecule is CC(=O)OC1[C@@H](OC(C)=O)[C@H](OC(C)=O)C(=O)N1Cc1ccccc1. The molecule has 1 fully saturated rings. The molecule has 0 saturated carbocycles. The molecule has 0 aliphatic carbocycles. The molecule has 1 aromatic carbocycles. The molecule has 1 heterocycles. The molecule has 0 N–H and O–H groups in total. The van der Waals surface area contributed by atoms with Crippen molar-refractivity contribution in [3.8, 4) is 0 Å². The molecule has 0 radical (unpaired) electrons. The Hall–Kier alpha value is -2.90. The third kappa shape index (κ3) is 4.56. The van der Waals surface area contributed by atoms with E-state index in [2.05, 4.69) is 0 Å². The van der Waals surface area contributed by atoms with Gasteiger partial charge in [-0.05, 0) is 5.56 Å². The highest BCUT2D eigenvalue weighted by Gasteiger charge is 2.54. The lowest BCUT2D eigenvalue weighted by Gasteiger charge is -2.26. The van der Waals surface area contributed by atoms with Crippen LogP contribution in [0.25, 0.3) is 0 Å². The number of nitrogens with zero attached hydrogens (tertiary/aromatic N) is 1. The average molecular weight is 349 g/mol. The number of likely N-dealkylation sites (tertiary alicyclic amines) is 1. The summed E-state index contributed by atoms with van der Waals surface area (Å²) in [7, 11) is 0. The van der Waals surface area contributed by atoms with Crippen LogP contribution in [0.3, 0.4) is 0 Å². The molecule has 25 heavy (non-hydrogen) atoms. The first kappa shape index (κ1) is 18.4. The Morgan fingerprint density at radius 2 is 1.48 bits per heavy atom. The fourth-order valence-electron chi connectivity index (χ4n) is 2.61. The van der Waals surface area contributed by atoms with Crippen LogP contribution in [-0.2, 0) is 39.9 Å². The maximum atomic E-state index is 12.7. The van der Waals surface area contributed by atoms with Gasteiger partial charge < -0.3 is 14.2 Å². The van der Waals surface area contributed by atoms with Gasteiger partial charge in [0, 0.05) is 27.3 Å². The first-order valence-electron chi connectivity index (χ1n) is 7.65. The van der Waals surface area contributed by atoms with Gasteiger partial charge >= 0.3 is 17.9 Å². The minimum absolute atomic E-state index is 0.104. The maximum Gasteiger partial charge on any atom is 0.304 e. The van der Waals surface area contributed by atoms with Crippen molar-refractivity contribution in [2.45, 2.75) is 45.8 Å². The second-order valence-corrected chi connectivity index (χ2v) is 5.56. The Bertz CT molecular complexity index is 673. The van der Waals surface area contributed by atoms with E-state index in [1.54, 1.807) is 24.3 Å². The molecule has 1 unspecified atom stereocenters. The smallest absolute Gasteiger partial charge is 0.304 e. The molecular formula is C17H19NO7. The van der Waals surface area contributed by atoms with Gasteiger partial charge in [-0.3, -0.25) is 24.1 Å². The van der Waals surface area contributed by atoms with Crippen LogP contribution in [0, 0.1) is 0 Å². The topological polar surface area (TPSA) is 99.2 Å². The molecular weight excluding hydrogens is 330 g/mol. The molecule has 134 valence electrons. The third-order valence-corrected chi connectivity index (χ3v) is 3.49.